The Kier molecular flexibility index (Phi) is 16.6. The highest BCUT2D eigenvalue weighted by Gasteiger charge is 1.98. The van der Waals surface area contributed by atoms with Gasteiger partial charge in [0.05, 0.1) is 12.9 Å². The first-order chi connectivity index (χ1) is 8.58. The molecular formula is C14H26O4. The van der Waals surface area contributed by atoms with E-state index in [4.69, 9.17) is 4.74 Å². The molecule has 0 unspecified atom stereocenters. The SMILES string of the molecule is C=COC(C)=O.CCCCCCOC(=O)CCC. The minimum Gasteiger partial charge on any atom is -0.466 e. The molecule has 106 valence electrons. The second-order valence-electron chi connectivity index (χ2n) is 3.81. The molecule has 0 amide bonds. The second kappa shape index (κ2) is 15.7. The van der Waals surface area contributed by atoms with Gasteiger partial charge < -0.3 is 9.47 Å². The van der Waals surface area contributed by atoms with Crippen molar-refractivity contribution in [2.75, 3.05) is 6.61 Å². The van der Waals surface area contributed by atoms with E-state index >= 15 is 0 Å². The largest absolute Gasteiger partial charge is 0.466 e. The summed E-state index contributed by atoms with van der Waals surface area (Å²) in [5.74, 6) is -0.376. The van der Waals surface area contributed by atoms with Gasteiger partial charge in [0.15, 0.2) is 0 Å². The Labute approximate surface area is 110 Å². The molecule has 0 aromatic heterocycles. The summed E-state index contributed by atoms with van der Waals surface area (Å²) in [6.07, 6.45) is 7.21. The van der Waals surface area contributed by atoms with Gasteiger partial charge in [0.2, 0.25) is 0 Å². The molecule has 4 heteroatoms. The fraction of sp³-hybridized carbons (Fsp3) is 0.714. The Morgan fingerprint density at radius 1 is 1.11 bits per heavy atom. The number of esters is 2. The van der Waals surface area contributed by atoms with Gasteiger partial charge in [-0.15, -0.1) is 0 Å². The van der Waals surface area contributed by atoms with Crippen LogP contribution < -0.4 is 0 Å². The van der Waals surface area contributed by atoms with Crippen LogP contribution >= 0.6 is 0 Å². The van der Waals surface area contributed by atoms with E-state index in [0.29, 0.717) is 13.0 Å². The third-order valence-electron chi connectivity index (χ3n) is 1.96. The molecule has 4 nitrogen and oxygen atoms in total. The molecule has 18 heavy (non-hydrogen) atoms. The predicted octanol–water partition coefficient (Wildman–Crippen LogP) is 3.60. The van der Waals surface area contributed by atoms with Crippen LogP contribution in [0.2, 0.25) is 0 Å². The van der Waals surface area contributed by atoms with Crippen molar-refractivity contribution in [3.63, 3.8) is 0 Å². The van der Waals surface area contributed by atoms with Crippen molar-refractivity contribution >= 4 is 11.9 Å². The molecule has 0 aromatic carbocycles. The fourth-order valence-electron chi connectivity index (χ4n) is 1.11. The zero-order chi connectivity index (χ0) is 14.2. The Balaban J connectivity index is 0. The normalized spacial score (nSPS) is 8.83. The van der Waals surface area contributed by atoms with Gasteiger partial charge in [-0.25, -0.2) is 0 Å². The average Bonchev–Trinajstić information content (AvgIpc) is 2.30. The maximum atomic E-state index is 10.9. The molecule has 0 bridgehead atoms. The molecule has 0 saturated heterocycles. The van der Waals surface area contributed by atoms with Gasteiger partial charge in [0.1, 0.15) is 0 Å². The monoisotopic (exact) mass is 258 g/mol. The summed E-state index contributed by atoms with van der Waals surface area (Å²) >= 11 is 0. The fourth-order valence-corrected chi connectivity index (χ4v) is 1.11. The number of unbranched alkanes of at least 4 members (excludes halogenated alkanes) is 3. The Bertz CT molecular complexity index is 224. The maximum absolute atomic E-state index is 10.9. The van der Waals surface area contributed by atoms with Crippen molar-refractivity contribution in [1.82, 2.24) is 0 Å². The lowest BCUT2D eigenvalue weighted by Gasteiger charge is -2.02. The highest BCUT2D eigenvalue weighted by molar-refractivity contribution is 5.69. The molecule has 0 radical (unpaired) electrons. The second-order valence-corrected chi connectivity index (χ2v) is 3.81. The molecule has 0 atom stereocenters. The quantitative estimate of drug-likeness (QED) is 0.379. The lowest BCUT2D eigenvalue weighted by molar-refractivity contribution is -0.143. The highest BCUT2D eigenvalue weighted by Crippen LogP contribution is 2.00. The van der Waals surface area contributed by atoms with Crippen LogP contribution in [0.5, 0.6) is 0 Å². The number of carbonyl (C=O) groups is 2. The summed E-state index contributed by atoms with van der Waals surface area (Å²) in [5, 5.41) is 0. The van der Waals surface area contributed by atoms with Gasteiger partial charge in [-0.3, -0.25) is 9.59 Å². The predicted molar refractivity (Wildman–Crippen MR) is 72.0 cm³/mol. The molecule has 0 fully saturated rings. The number of carbonyl (C=O) groups excluding carboxylic acids is 2. The van der Waals surface area contributed by atoms with Gasteiger partial charge in [0.25, 0.3) is 0 Å². The summed E-state index contributed by atoms with van der Waals surface area (Å²) in [6, 6.07) is 0. The summed E-state index contributed by atoms with van der Waals surface area (Å²) in [7, 11) is 0. The minimum absolute atomic E-state index is 0.0472. The van der Waals surface area contributed by atoms with Gasteiger partial charge in [0, 0.05) is 13.3 Å². The van der Waals surface area contributed by atoms with Gasteiger partial charge in [-0.05, 0) is 12.8 Å². The molecule has 0 heterocycles. The molecule has 0 aliphatic heterocycles. The van der Waals surface area contributed by atoms with E-state index < -0.39 is 0 Å². The zero-order valence-corrected chi connectivity index (χ0v) is 11.9. The Hall–Kier alpha value is -1.32. The molecule has 0 rings (SSSR count). The smallest absolute Gasteiger partial charge is 0.307 e. The van der Waals surface area contributed by atoms with Crippen molar-refractivity contribution in [3.05, 3.63) is 12.8 Å². The number of ether oxygens (including phenoxy) is 2. The van der Waals surface area contributed by atoms with Gasteiger partial charge >= 0.3 is 11.9 Å². The molecule has 0 aliphatic carbocycles. The van der Waals surface area contributed by atoms with Crippen LogP contribution in [-0.2, 0) is 19.1 Å². The van der Waals surface area contributed by atoms with Crippen molar-refractivity contribution in [2.45, 2.75) is 59.3 Å². The topological polar surface area (TPSA) is 52.6 Å². The highest BCUT2D eigenvalue weighted by atomic mass is 16.5. The van der Waals surface area contributed by atoms with E-state index in [2.05, 4.69) is 18.2 Å². The maximum Gasteiger partial charge on any atom is 0.307 e. The molecule has 0 spiro atoms. The number of hydrogen-bond acceptors (Lipinski definition) is 4. The van der Waals surface area contributed by atoms with Crippen LogP contribution in [0.25, 0.3) is 0 Å². The Morgan fingerprint density at radius 2 is 1.78 bits per heavy atom. The molecule has 0 saturated carbocycles. The lowest BCUT2D eigenvalue weighted by atomic mass is 10.2. The number of hydrogen-bond donors (Lipinski definition) is 0. The number of rotatable bonds is 8. The van der Waals surface area contributed by atoms with Crippen molar-refractivity contribution in [2.24, 2.45) is 0 Å². The van der Waals surface area contributed by atoms with Crippen LogP contribution in [0.3, 0.4) is 0 Å². The standard InChI is InChI=1S/C10H20O2.C4H6O2/c1-3-5-6-7-9-12-10(11)8-4-2;1-3-6-4(2)5/h3-9H2,1-2H3;3H,1H2,2H3. The lowest BCUT2D eigenvalue weighted by Crippen LogP contribution is -2.04. The van der Waals surface area contributed by atoms with E-state index in [0.717, 1.165) is 19.1 Å². The van der Waals surface area contributed by atoms with Crippen LogP contribution in [0.1, 0.15) is 59.3 Å². The summed E-state index contributed by atoms with van der Waals surface area (Å²) in [4.78, 5) is 20.6. The summed E-state index contributed by atoms with van der Waals surface area (Å²) in [5.41, 5.74) is 0. The van der Waals surface area contributed by atoms with Crippen LogP contribution in [0.4, 0.5) is 0 Å². The van der Waals surface area contributed by atoms with Crippen molar-refractivity contribution in [1.29, 1.82) is 0 Å². The van der Waals surface area contributed by atoms with E-state index in [9.17, 15) is 9.59 Å². The minimum atomic E-state index is -0.329. The van der Waals surface area contributed by atoms with E-state index in [1.54, 1.807) is 0 Å². The average molecular weight is 258 g/mol. The Morgan fingerprint density at radius 3 is 2.17 bits per heavy atom. The van der Waals surface area contributed by atoms with Crippen molar-refractivity contribution in [3.8, 4) is 0 Å². The van der Waals surface area contributed by atoms with Crippen molar-refractivity contribution < 1.29 is 19.1 Å². The molecule has 0 aliphatic rings. The van der Waals surface area contributed by atoms with Gasteiger partial charge in [-0.2, -0.15) is 0 Å². The van der Waals surface area contributed by atoms with E-state index in [-0.39, 0.29) is 11.9 Å². The molecule has 0 aromatic rings. The molecule has 0 N–H and O–H groups in total. The van der Waals surface area contributed by atoms with Gasteiger partial charge in [-0.1, -0.05) is 39.7 Å². The van der Waals surface area contributed by atoms with Crippen LogP contribution in [-0.4, -0.2) is 18.5 Å². The van der Waals surface area contributed by atoms with Crippen LogP contribution in [0.15, 0.2) is 12.8 Å². The first kappa shape index (κ1) is 19.0. The van der Waals surface area contributed by atoms with Crippen LogP contribution in [0, 0.1) is 0 Å². The summed E-state index contributed by atoms with van der Waals surface area (Å²) in [6.45, 7) is 9.24. The third kappa shape index (κ3) is 20.1. The first-order valence-electron chi connectivity index (χ1n) is 6.52. The first-order valence-corrected chi connectivity index (χ1v) is 6.52. The van der Waals surface area contributed by atoms with E-state index in [1.807, 2.05) is 6.92 Å². The third-order valence-corrected chi connectivity index (χ3v) is 1.96. The summed E-state index contributed by atoms with van der Waals surface area (Å²) < 4.78 is 9.16. The zero-order valence-electron chi connectivity index (χ0n) is 11.9. The van der Waals surface area contributed by atoms with E-state index in [1.165, 1.54) is 26.2 Å². The molecular weight excluding hydrogens is 232 g/mol.